The lowest BCUT2D eigenvalue weighted by Crippen LogP contribution is -1.86. The zero-order valence-electron chi connectivity index (χ0n) is 7.17. The third kappa shape index (κ3) is 4.07. The van der Waals surface area contributed by atoms with Crippen molar-refractivity contribution < 1.29 is 15.1 Å². The highest BCUT2D eigenvalue weighted by atomic mass is 16.6. The van der Waals surface area contributed by atoms with Gasteiger partial charge in [0.25, 0.3) is 0 Å². The number of aliphatic hydroxyl groups is 1. The van der Waals surface area contributed by atoms with Gasteiger partial charge in [-0.15, -0.1) is 0 Å². The Labute approximate surface area is 75.4 Å². The summed E-state index contributed by atoms with van der Waals surface area (Å²) >= 11 is 0. The number of aliphatic hydroxyl groups excluding tert-OH is 1. The molecule has 5 nitrogen and oxygen atoms in total. The number of hydrogen-bond donors (Lipinski definition) is 2. The molecule has 2 N–H and O–H groups in total. The molecule has 0 radical (unpaired) electrons. The van der Waals surface area contributed by atoms with Crippen LogP contribution in [0, 0.1) is 10.1 Å². The number of para-hydroxylation sites is 2. The van der Waals surface area contributed by atoms with E-state index in [2.05, 4.69) is 0 Å². The number of aromatic hydroxyl groups is 1. The molecule has 0 bridgehead atoms. The Morgan fingerprint density at radius 1 is 1.46 bits per heavy atom. The van der Waals surface area contributed by atoms with E-state index in [1.54, 1.807) is 6.92 Å². The fourth-order valence-electron chi connectivity index (χ4n) is 0.619. The van der Waals surface area contributed by atoms with Gasteiger partial charge < -0.3 is 10.2 Å². The van der Waals surface area contributed by atoms with Crippen molar-refractivity contribution in [1.29, 1.82) is 0 Å². The van der Waals surface area contributed by atoms with Crippen molar-refractivity contribution in [3.8, 4) is 5.75 Å². The SMILES string of the molecule is CCO.O=[N+]([O-])c1ccccc1O. The lowest BCUT2D eigenvalue weighted by atomic mass is 10.3. The maximum atomic E-state index is 10.1. The summed E-state index contributed by atoms with van der Waals surface area (Å²) in [4.78, 5) is 9.44. The molecule has 72 valence electrons. The lowest BCUT2D eigenvalue weighted by molar-refractivity contribution is -0.385. The normalized spacial score (nSPS) is 8.46. The van der Waals surface area contributed by atoms with Crippen molar-refractivity contribution in [3.05, 3.63) is 34.4 Å². The van der Waals surface area contributed by atoms with Crippen molar-refractivity contribution >= 4 is 5.69 Å². The van der Waals surface area contributed by atoms with Gasteiger partial charge in [-0.2, -0.15) is 0 Å². The van der Waals surface area contributed by atoms with E-state index in [0.717, 1.165) is 0 Å². The molecule has 0 fully saturated rings. The molecule has 0 saturated carbocycles. The summed E-state index contributed by atoms with van der Waals surface area (Å²) in [5.74, 6) is -0.299. The topological polar surface area (TPSA) is 83.6 Å². The van der Waals surface area contributed by atoms with E-state index in [4.69, 9.17) is 10.2 Å². The number of phenolic OH excluding ortho intramolecular Hbond substituents is 1. The van der Waals surface area contributed by atoms with Crippen LogP contribution in [0.1, 0.15) is 6.92 Å². The molecule has 0 amide bonds. The van der Waals surface area contributed by atoms with E-state index < -0.39 is 4.92 Å². The summed E-state index contributed by atoms with van der Waals surface area (Å²) in [6, 6.07) is 5.55. The summed E-state index contributed by atoms with van der Waals surface area (Å²) in [5, 5.41) is 26.5. The average molecular weight is 185 g/mol. The van der Waals surface area contributed by atoms with Gasteiger partial charge in [0.05, 0.1) is 4.92 Å². The molecule has 5 heteroatoms. The van der Waals surface area contributed by atoms with Crippen molar-refractivity contribution in [2.45, 2.75) is 6.92 Å². The van der Waals surface area contributed by atoms with Crippen LogP contribution >= 0.6 is 0 Å². The van der Waals surface area contributed by atoms with Crippen LogP contribution in [0.25, 0.3) is 0 Å². The molecular weight excluding hydrogens is 174 g/mol. The van der Waals surface area contributed by atoms with Gasteiger partial charge in [0, 0.05) is 12.7 Å². The zero-order chi connectivity index (χ0) is 10.3. The van der Waals surface area contributed by atoms with Gasteiger partial charge in [0.2, 0.25) is 0 Å². The van der Waals surface area contributed by atoms with Crippen molar-refractivity contribution in [3.63, 3.8) is 0 Å². The Morgan fingerprint density at radius 2 is 1.92 bits per heavy atom. The monoisotopic (exact) mass is 185 g/mol. The van der Waals surface area contributed by atoms with Crippen LogP contribution in [-0.2, 0) is 0 Å². The standard InChI is InChI=1S/C6H5NO3.C2H6O/c8-6-4-2-1-3-5(6)7(9)10;1-2-3/h1-4,8H;3H,2H2,1H3. The Balaban J connectivity index is 0.000000424. The smallest absolute Gasteiger partial charge is 0.310 e. The molecule has 0 aliphatic rings. The molecule has 0 saturated heterocycles. The minimum absolute atomic E-state index is 0.250. The van der Waals surface area contributed by atoms with Gasteiger partial charge >= 0.3 is 5.69 Å². The van der Waals surface area contributed by atoms with E-state index in [9.17, 15) is 10.1 Å². The first-order chi connectivity index (χ1) is 6.13. The second-order valence-corrected chi connectivity index (χ2v) is 2.06. The van der Waals surface area contributed by atoms with Crippen LogP contribution in [0.3, 0.4) is 0 Å². The number of rotatable bonds is 1. The first-order valence-electron chi connectivity index (χ1n) is 3.66. The van der Waals surface area contributed by atoms with Crippen LogP contribution in [0.5, 0.6) is 5.75 Å². The second kappa shape index (κ2) is 5.96. The molecule has 1 aromatic carbocycles. The Hall–Kier alpha value is -1.62. The van der Waals surface area contributed by atoms with E-state index in [1.165, 1.54) is 24.3 Å². The van der Waals surface area contributed by atoms with E-state index >= 15 is 0 Å². The maximum absolute atomic E-state index is 10.1. The van der Waals surface area contributed by atoms with Gasteiger partial charge in [0.1, 0.15) is 0 Å². The number of hydrogen-bond acceptors (Lipinski definition) is 4. The van der Waals surface area contributed by atoms with Gasteiger partial charge in [-0.3, -0.25) is 10.1 Å². The lowest BCUT2D eigenvalue weighted by Gasteiger charge is -1.91. The Morgan fingerprint density at radius 3 is 2.23 bits per heavy atom. The molecule has 0 heterocycles. The molecule has 0 aliphatic carbocycles. The third-order valence-electron chi connectivity index (χ3n) is 1.08. The van der Waals surface area contributed by atoms with Crippen LogP contribution in [0.4, 0.5) is 5.69 Å². The number of nitro benzene ring substituents is 1. The van der Waals surface area contributed by atoms with Crippen molar-refractivity contribution in [2.24, 2.45) is 0 Å². The summed E-state index contributed by atoms with van der Waals surface area (Å²) in [6.07, 6.45) is 0. The minimum atomic E-state index is -0.630. The van der Waals surface area contributed by atoms with Crippen LogP contribution < -0.4 is 0 Å². The Kier molecular flexibility index (Phi) is 5.22. The van der Waals surface area contributed by atoms with Crippen molar-refractivity contribution in [2.75, 3.05) is 6.61 Å². The summed E-state index contributed by atoms with van der Waals surface area (Å²) in [6.45, 7) is 1.93. The van der Waals surface area contributed by atoms with E-state index in [0.29, 0.717) is 0 Å². The highest BCUT2D eigenvalue weighted by Crippen LogP contribution is 2.23. The van der Waals surface area contributed by atoms with Gasteiger partial charge in [0.15, 0.2) is 5.75 Å². The highest BCUT2D eigenvalue weighted by molar-refractivity contribution is 5.44. The third-order valence-corrected chi connectivity index (χ3v) is 1.08. The van der Waals surface area contributed by atoms with Crippen molar-refractivity contribution in [1.82, 2.24) is 0 Å². The maximum Gasteiger partial charge on any atom is 0.310 e. The molecule has 0 aliphatic heterocycles. The fraction of sp³-hybridized carbons (Fsp3) is 0.250. The predicted molar refractivity (Wildman–Crippen MR) is 47.5 cm³/mol. The molecule has 1 aromatic rings. The first-order valence-corrected chi connectivity index (χ1v) is 3.66. The number of benzene rings is 1. The fourth-order valence-corrected chi connectivity index (χ4v) is 0.619. The van der Waals surface area contributed by atoms with Crippen LogP contribution in [0.2, 0.25) is 0 Å². The molecule has 0 unspecified atom stereocenters. The molecule has 13 heavy (non-hydrogen) atoms. The molecule has 0 atom stereocenters. The van der Waals surface area contributed by atoms with Gasteiger partial charge in [-0.1, -0.05) is 12.1 Å². The summed E-state index contributed by atoms with van der Waals surface area (Å²) < 4.78 is 0. The number of phenols is 1. The van der Waals surface area contributed by atoms with Crippen LogP contribution in [-0.4, -0.2) is 21.7 Å². The zero-order valence-corrected chi connectivity index (χ0v) is 7.17. The highest BCUT2D eigenvalue weighted by Gasteiger charge is 2.09. The largest absolute Gasteiger partial charge is 0.502 e. The van der Waals surface area contributed by atoms with Gasteiger partial charge in [-0.05, 0) is 13.0 Å². The van der Waals surface area contributed by atoms with E-state index in [1.807, 2.05) is 0 Å². The Bertz CT molecular complexity index is 275. The quantitative estimate of drug-likeness (QED) is 0.510. The minimum Gasteiger partial charge on any atom is -0.502 e. The van der Waals surface area contributed by atoms with Crippen LogP contribution in [0.15, 0.2) is 24.3 Å². The van der Waals surface area contributed by atoms with Gasteiger partial charge in [-0.25, -0.2) is 0 Å². The molecule has 0 aromatic heterocycles. The second-order valence-electron chi connectivity index (χ2n) is 2.06. The van der Waals surface area contributed by atoms with E-state index in [-0.39, 0.29) is 18.0 Å². The predicted octanol–water partition coefficient (Wildman–Crippen LogP) is 1.30. The first kappa shape index (κ1) is 11.4. The average Bonchev–Trinajstić information content (AvgIpc) is 2.06. The molecule has 0 spiro atoms. The molecule has 1 rings (SSSR count). The molecular formula is C8H11NO4. The summed E-state index contributed by atoms with van der Waals surface area (Å²) in [7, 11) is 0. The number of nitro groups is 1. The number of nitrogens with zero attached hydrogens (tertiary/aromatic N) is 1. The summed E-state index contributed by atoms with van der Waals surface area (Å²) in [5.41, 5.74) is -0.262.